The Balaban J connectivity index is 2.00. The van der Waals surface area contributed by atoms with Gasteiger partial charge in [0, 0.05) is 23.1 Å². The summed E-state index contributed by atoms with van der Waals surface area (Å²) in [5.74, 6) is -0.123. The molecule has 0 radical (unpaired) electrons. The summed E-state index contributed by atoms with van der Waals surface area (Å²) in [7, 11) is 0. The van der Waals surface area contributed by atoms with Crippen LogP contribution < -0.4 is 5.32 Å². The Morgan fingerprint density at radius 3 is 2.54 bits per heavy atom. The molecule has 24 heavy (non-hydrogen) atoms. The minimum Gasteiger partial charge on any atom is -0.504 e. The molecule has 0 bridgehead atoms. The highest BCUT2D eigenvalue weighted by Gasteiger charge is 2.18. The van der Waals surface area contributed by atoms with Crippen molar-refractivity contribution < 1.29 is 10.2 Å². The van der Waals surface area contributed by atoms with E-state index >= 15 is 0 Å². The van der Waals surface area contributed by atoms with Gasteiger partial charge in [-0.1, -0.05) is 32.0 Å². The Morgan fingerprint density at radius 2 is 1.79 bits per heavy atom. The Kier molecular flexibility index (Phi) is 4.76. The third kappa shape index (κ3) is 3.10. The highest BCUT2D eigenvalue weighted by atomic mass is 16.3. The Hall–Kier alpha value is -2.46. The van der Waals surface area contributed by atoms with E-state index in [2.05, 4.69) is 42.5 Å². The number of fused-ring (bicyclic) bond motifs is 1. The largest absolute Gasteiger partial charge is 0.504 e. The molecule has 4 nitrogen and oxygen atoms in total. The summed E-state index contributed by atoms with van der Waals surface area (Å²) < 4.78 is 0. The first kappa shape index (κ1) is 16.4. The number of nitrogens with one attached hydrogen (secondary N) is 2. The van der Waals surface area contributed by atoms with Gasteiger partial charge in [0.2, 0.25) is 0 Å². The first-order valence-corrected chi connectivity index (χ1v) is 8.47. The molecule has 126 valence electrons. The van der Waals surface area contributed by atoms with Gasteiger partial charge >= 0.3 is 0 Å². The molecule has 0 aliphatic carbocycles. The standard InChI is InChI=1S/C20H24N2O2/c1-3-13-10-19(23)20(24)11-16(13)18(21-4-2)9-14-12-22-17-8-6-5-7-15(14)17/h5-8,10-12,18,21-24H,3-4,9H2,1-2H3. The lowest BCUT2D eigenvalue weighted by Crippen LogP contribution is -2.24. The summed E-state index contributed by atoms with van der Waals surface area (Å²) in [4.78, 5) is 3.32. The molecule has 2 aromatic carbocycles. The summed E-state index contributed by atoms with van der Waals surface area (Å²) in [6.07, 6.45) is 3.68. The van der Waals surface area contributed by atoms with Gasteiger partial charge in [-0.25, -0.2) is 0 Å². The number of hydrogen-bond acceptors (Lipinski definition) is 3. The van der Waals surface area contributed by atoms with E-state index in [0.29, 0.717) is 0 Å². The number of aromatic nitrogens is 1. The maximum Gasteiger partial charge on any atom is 0.157 e. The van der Waals surface area contributed by atoms with E-state index in [9.17, 15) is 10.2 Å². The topological polar surface area (TPSA) is 68.3 Å². The van der Waals surface area contributed by atoms with Gasteiger partial charge in [0.25, 0.3) is 0 Å². The second-order valence-electron chi connectivity index (χ2n) is 6.07. The molecule has 0 aliphatic rings. The number of para-hydroxylation sites is 1. The molecule has 3 aromatic rings. The number of aryl methyl sites for hydroxylation is 1. The molecule has 0 saturated carbocycles. The molecular formula is C20H24N2O2. The molecule has 1 unspecified atom stereocenters. The molecule has 0 fully saturated rings. The van der Waals surface area contributed by atoms with E-state index < -0.39 is 0 Å². The molecular weight excluding hydrogens is 300 g/mol. The summed E-state index contributed by atoms with van der Waals surface area (Å²) >= 11 is 0. The number of rotatable bonds is 6. The van der Waals surface area contributed by atoms with Gasteiger partial charge in [0.1, 0.15) is 0 Å². The lowest BCUT2D eigenvalue weighted by molar-refractivity contribution is 0.401. The van der Waals surface area contributed by atoms with Crippen molar-refractivity contribution >= 4 is 10.9 Å². The van der Waals surface area contributed by atoms with Crippen molar-refractivity contribution in [3.8, 4) is 11.5 Å². The van der Waals surface area contributed by atoms with Crippen molar-refractivity contribution in [2.75, 3.05) is 6.54 Å². The van der Waals surface area contributed by atoms with Crippen molar-refractivity contribution in [3.63, 3.8) is 0 Å². The predicted octanol–water partition coefficient (Wildman–Crippen LogP) is 4.03. The van der Waals surface area contributed by atoms with Crippen LogP contribution in [0.2, 0.25) is 0 Å². The van der Waals surface area contributed by atoms with Crippen LogP contribution in [0.3, 0.4) is 0 Å². The Morgan fingerprint density at radius 1 is 1.04 bits per heavy atom. The van der Waals surface area contributed by atoms with Crippen LogP contribution in [0.5, 0.6) is 11.5 Å². The first-order valence-electron chi connectivity index (χ1n) is 8.47. The fraction of sp³-hybridized carbons (Fsp3) is 0.300. The van der Waals surface area contributed by atoms with Crippen molar-refractivity contribution in [3.05, 3.63) is 59.3 Å². The molecule has 4 heteroatoms. The molecule has 0 aliphatic heterocycles. The number of aromatic hydroxyl groups is 2. The second-order valence-corrected chi connectivity index (χ2v) is 6.07. The molecule has 1 heterocycles. The number of benzene rings is 2. The minimum atomic E-state index is -0.0657. The van der Waals surface area contributed by atoms with E-state index in [0.717, 1.165) is 36.0 Å². The van der Waals surface area contributed by atoms with Gasteiger partial charge in [-0.3, -0.25) is 0 Å². The summed E-state index contributed by atoms with van der Waals surface area (Å²) in [6.45, 7) is 4.97. The summed E-state index contributed by atoms with van der Waals surface area (Å²) in [5, 5.41) is 24.5. The zero-order valence-electron chi connectivity index (χ0n) is 14.1. The number of likely N-dealkylation sites (N-methyl/N-ethyl adjacent to an activating group) is 1. The fourth-order valence-corrected chi connectivity index (χ4v) is 3.33. The monoisotopic (exact) mass is 324 g/mol. The molecule has 0 spiro atoms. The highest BCUT2D eigenvalue weighted by molar-refractivity contribution is 5.83. The van der Waals surface area contributed by atoms with Crippen LogP contribution >= 0.6 is 0 Å². The molecule has 1 atom stereocenters. The minimum absolute atomic E-state index is 0.0575. The zero-order valence-corrected chi connectivity index (χ0v) is 14.1. The molecule has 1 aromatic heterocycles. The summed E-state index contributed by atoms with van der Waals surface area (Å²) in [6, 6.07) is 11.7. The number of hydrogen-bond donors (Lipinski definition) is 4. The van der Waals surface area contributed by atoms with Gasteiger partial charge in [0.05, 0.1) is 0 Å². The van der Waals surface area contributed by atoms with Gasteiger partial charge in [-0.15, -0.1) is 0 Å². The first-order chi connectivity index (χ1) is 11.6. The van der Waals surface area contributed by atoms with Gasteiger partial charge in [0.15, 0.2) is 11.5 Å². The quantitative estimate of drug-likeness (QED) is 0.517. The van der Waals surface area contributed by atoms with E-state index in [1.807, 2.05) is 12.1 Å². The van der Waals surface area contributed by atoms with Crippen molar-refractivity contribution in [1.82, 2.24) is 10.3 Å². The van der Waals surface area contributed by atoms with Crippen molar-refractivity contribution in [1.29, 1.82) is 0 Å². The van der Waals surface area contributed by atoms with E-state index in [1.54, 1.807) is 12.1 Å². The van der Waals surface area contributed by atoms with Crippen LogP contribution in [0.15, 0.2) is 42.6 Å². The lowest BCUT2D eigenvalue weighted by atomic mass is 9.93. The predicted molar refractivity (Wildman–Crippen MR) is 97.6 cm³/mol. The normalized spacial score (nSPS) is 12.6. The van der Waals surface area contributed by atoms with Crippen LogP contribution in [0.25, 0.3) is 10.9 Å². The number of H-pyrrole nitrogens is 1. The van der Waals surface area contributed by atoms with E-state index in [1.165, 1.54) is 10.9 Å². The zero-order chi connectivity index (χ0) is 17.1. The number of phenolic OH excluding ortho intramolecular Hbond substituents is 2. The average Bonchev–Trinajstić information content (AvgIpc) is 3.00. The van der Waals surface area contributed by atoms with Gasteiger partial charge < -0.3 is 20.5 Å². The summed E-state index contributed by atoms with van der Waals surface area (Å²) in [5.41, 5.74) is 4.47. The van der Waals surface area contributed by atoms with Gasteiger partial charge in [-0.05, 0) is 54.3 Å². The van der Waals surface area contributed by atoms with Crippen molar-refractivity contribution in [2.24, 2.45) is 0 Å². The van der Waals surface area contributed by atoms with Crippen molar-refractivity contribution in [2.45, 2.75) is 32.7 Å². The third-order valence-corrected chi connectivity index (χ3v) is 4.54. The van der Waals surface area contributed by atoms with Crippen LogP contribution in [0.1, 0.15) is 36.6 Å². The van der Waals surface area contributed by atoms with E-state index in [-0.39, 0.29) is 17.5 Å². The molecule has 0 saturated heterocycles. The smallest absolute Gasteiger partial charge is 0.157 e. The van der Waals surface area contributed by atoms with Crippen LogP contribution in [-0.4, -0.2) is 21.7 Å². The fourth-order valence-electron chi connectivity index (χ4n) is 3.33. The van der Waals surface area contributed by atoms with Gasteiger partial charge in [-0.2, -0.15) is 0 Å². The second kappa shape index (κ2) is 6.97. The maximum atomic E-state index is 9.95. The van der Waals surface area contributed by atoms with Crippen LogP contribution in [0, 0.1) is 0 Å². The Labute approximate surface area is 142 Å². The average molecular weight is 324 g/mol. The molecule has 4 N–H and O–H groups in total. The third-order valence-electron chi connectivity index (χ3n) is 4.54. The van der Waals surface area contributed by atoms with Crippen LogP contribution in [-0.2, 0) is 12.8 Å². The van der Waals surface area contributed by atoms with Crippen LogP contribution in [0.4, 0.5) is 0 Å². The molecule has 3 rings (SSSR count). The number of aromatic amines is 1. The Bertz CT molecular complexity index is 839. The lowest BCUT2D eigenvalue weighted by Gasteiger charge is -2.22. The SMILES string of the molecule is CCNC(Cc1c[nH]c2ccccc12)c1cc(O)c(O)cc1CC. The maximum absolute atomic E-state index is 9.95. The number of phenols is 2. The highest BCUT2D eigenvalue weighted by Crippen LogP contribution is 2.34. The molecule has 0 amide bonds. The van der Waals surface area contributed by atoms with E-state index in [4.69, 9.17) is 0 Å².